The predicted octanol–water partition coefficient (Wildman–Crippen LogP) is 21.7. The van der Waals surface area contributed by atoms with Crippen molar-refractivity contribution in [1.29, 1.82) is 0 Å². The zero-order chi connectivity index (χ0) is 53.1. The van der Waals surface area contributed by atoms with Gasteiger partial charge in [-0.1, -0.05) is 194 Å². The summed E-state index contributed by atoms with van der Waals surface area (Å²) < 4.78 is 0. The highest BCUT2D eigenvalue weighted by Crippen LogP contribution is 2.59. The quantitative estimate of drug-likeness (QED) is 0.163. The molecule has 82 heavy (non-hydrogen) atoms. The van der Waals surface area contributed by atoms with E-state index in [1.807, 2.05) is 0 Å². The average Bonchev–Trinajstić information content (AvgIpc) is 4.21. The normalized spacial score (nSPS) is 14.0. The minimum atomic E-state index is 1.02. The minimum Gasteiger partial charge on any atom is -0.291 e. The second kappa shape index (κ2) is 15.5. The number of hydrogen-bond donors (Lipinski definition) is 0. The molecule has 0 aliphatic carbocycles. The Morgan fingerprint density at radius 3 is 0.488 bits per heavy atom. The molecule has 376 valence electrons. The molecular weight excluding hydrogens is 993 g/mol. The SMILES string of the molecule is c1ccc2c(c1)N(c1cc3ccc4cccc5ccc(c1)c3c45)C(=C1N(c3cc4ccc5cccc6ccc(c3)c4c56)c3ccccc3N1c1cc3ccc4cccc5ccc(c1)c3c45)N2c1cc2ccc3cccc4ccc(c1)c2c34. The van der Waals surface area contributed by atoms with Crippen molar-refractivity contribution >= 4 is 175 Å². The van der Waals surface area contributed by atoms with Crippen LogP contribution in [0.3, 0.4) is 0 Å². The standard InChI is InChI=1S/C78H44N4/c1-2-18-66-65(17-1)79(61-37-53-29-21-45-9-5-10-46-22-30-54(38-61)73(53)69(45)46)77(80(66)62-39-55-31-23-47-11-6-12-48-24-32-56(40-62)74(55)70(47)48)78-81(63-41-57-33-25-49-13-7-14-50-26-34-58(42-63)75(57)71(49)50)67-19-3-4-20-68(67)82(78)64-43-59-35-27-51-15-8-16-52-28-36-60(44-64)76(59)72(51)52/h1-44H. The van der Waals surface area contributed by atoms with Crippen LogP contribution in [0, 0.1) is 0 Å². The van der Waals surface area contributed by atoms with Gasteiger partial charge in [-0.2, -0.15) is 0 Å². The van der Waals surface area contributed by atoms with Gasteiger partial charge in [0.05, 0.1) is 22.7 Å². The molecule has 0 unspecified atom stereocenters. The van der Waals surface area contributed by atoms with Gasteiger partial charge < -0.3 is 0 Å². The smallest absolute Gasteiger partial charge is 0.166 e. The molecule has 4 heteroatoms. The number of anilines is 8. The number of para-hydroxylation sites is 4. The molecule has 2 aliphatic rings. The number of fused-ring (bicyclic) bond motifs is 2. The van der Waals surface area contributed by atoms with Crippen molar-refractivity contribution < 1.29 is 0 Å². The molecule has 18 aromatic carbocycles. The summed E-state index contributed by atoms with van der Waals surface area (Å²) in [5.41, 5.74) is 8.75. The second-order valence-corrected chi connectivity index (χ2v) is 22.9. The van der Waals surface area contributed by atoms with Crippen molar-refractivity contribution in [1.82, 2.24) is 0 Å². The zero-order valence-electron chi connectivity index (χ0n) is 44.2. The number of benzene rings is 18. The van der Waals surface area contributed by atoms with Gasteiger partial charge in [-0.25, -0.2) is 0 Å². The fourth-order valence-electron chi connectivity index (χ4n) is 15.3. The molecule has 0 amide bonds. The summed E-state index contributed by atoms with van der Waals surface area (Å²) in [6.45, 7) is 0. The van der Waals surface area contributed by atoms with Crippen molar-refractivity contribution in [2.45, 2.75) is 0 Å². The third-order valence-electron chi connectivity index (χ3n) is 18.6. The summed E-state index contributed by atoms with van der Waals surface area (Å²) in [5.74, 6) is 2.04. The second-order valence-electron chi connectivity index (χ2n) is 22.9. The van der Waals surface area contributed by atoms with E-state index in [-0.39, 0.29) is 0 Å². The van der Waals surface area contributed by atoms with E-state index >= 15 is 0 Å². The minimum absolute atomic E-state index is 1.02. The molecule has 0 N–H and O–H groups in total. The van der Waals surface area contributed by atoms with Crippen molar-refractivity contribution in [2.75, 3.05) is 19.6 Å². The van der Waals surface area contributed by atoms with Gasteiger partial charge in [-0.05, 0) is 202 Å². The number of rotatable bonds is 4. The van der Waals surface area contributed by atoms with Crippen LogP contribution in [-0.4, -0.2) is 0 Å². The number of hydrogen-bond acceptors (Lipinski definition) is 4. The van der Waals surface area contributed by atoms with Crippen LogP contribution in [0.4, 0.5) is 45.5 Å². The lowest BCUT2D eigenvalue weighted by Crippen LogP contribution is -2.33. The summed E-state index contributed by atoms with van der Waals surface area (Å²) in [7, 11) is 0. The largest absolute Gasteiger partial charge is 0.291 e. The van der Waals surface area contributed by atoms with Crippen LogP contribution in [0.25, 0.3) is 129 Å². The van der Waals surface area contributed by atoms with Crippen LogP contribution < -0.4 is 19.6 Å². The van der Waals surface area contributed by atoms with Crippen LogP contribution in [0.15, 0.2) is 279 Å². The molecule has 0 atom stereocenters. The van der Waals surface area contributed by atoms with Gasteiger partial charge in [0.15, 0.2) is 11.6 Å². The maximum absolute atomic E-state index is 2.57. The Morgan fingerprint density at radius 2 is 0.305 bits per heavy atom. The molecule has 2 aliphatic heterocycles. The molecule has 4 nitrogen and oxygen atoms in total. The monoisotopic (exact) mass is 1040 g/mol. The van der Waals surface area contributed by atoms with E-state index in [4.69, 9.17) is 0 Å². The first-order valence-corrected chi connectivity index (χ1v) is 28.5. The highest BCUT2D eigenvalue weighted by molar-refractivity contribution is 6.28. The summed E-state index contributed by atoms with van der Waals surface area (Å²) in [5, 5.41) is 30.2. The van der Waals surface area contributed by atoms with Crippen molar-refractivity contribution in [3.63, 3.8) is 0 Å². The topological polar surface area (TPSA) is 13.0 Å². The van der Waals surface area contributed by atoms with Crippen molar-refractivity contribution in [2.24, 2.45) is 0 Å². The summed E-state index contributed by atoms with van der Waals surface area (Å²) in [4.78, 5) is 10.3. The summed E-state index contributed by atoms with van der Waals surface area (Å²) in [6, 6.07) is 101. The van der Waals surface area contributed by atoms with Crippen LogP contribution in [-0.2, 0) is 0 Å². The molecule has 0 saturated heterocycles. The Bertz CT molecular complexity index is 4850. The van der Waals surface area contributed by atoms with Crippen molar-refractivity contribution in [3.05, 3.63) is 279 Å². The Balaban J connectivity index is 0.947. The van der Waals surface area contributed by atoms with Crippen LogP contribution in [0.5, 0.6) is 0 Å². The van der Waals surface area contributed by atoms with Gasteiger partial charge in [-0.3, -0.25) is 19.6 Å². The Labute approximate surface area is 470 Å². The average molecular weight is 1040 g/mol. The molecule has 0 fully saturated rings. The first-order chi connectivity index (χ1) is 40.6. The lowest BCUT2D eigenvalue weighted by Gasteiger charge is -2.35. The highest BCUT2D eigenvalue weighted by atomic mass is 15.5. The molecule has 0 bridgehead atoms. The maximum atomic E-state index is 2.57. The van der Waals surface area contributed by atoms with Crippen LogP contribution >= 0.6 is 0 Å². The van der Waals surface area contributed by atoms with Gasteiger partial charge in [0.1, 0.15) is 0 Å². The van der Waals surface area contributed by atoms with E-state index in [1.165, 1.54) is 129 Å². The molecule has 18 aromatic rings. The van der Waals surface area contributed by atoms with Crippen LogP contribution in [0.1, 0.15) is 0 Å². The zero-order valence-corrected chi connectivity index (χ0v) is 44.2. The van der Waals surface area contributed by atoms with E-state index in [1.54, 1.807) is 0 Å². The van der Waals surface area contributed by atoms with Gasteiger partial charge in [0.2, 0.25) is 0 Å². The fraction of sp³-hybridized carbons (Fsp3) is 0. The van der Waals surface area contributed by atoms with E-state index in [0.717, 1.165) is 57.1 Å². The van der Waals surface area contributed by atoms with Gasteiger partial charge in [0, 0.05) is 22.7 Å². The molecular formula is C78H44N4. The highest BCUT2D eigenvalue weighted by Gasteiger charge is 2.45. The molecule has 2 heterocycles. The molecule has 0 saturated carbocycles. The lowest BCUT2D eigenvalue weighted by atomic mass is 9.93. The first kappa shape index (κ1) is 43.0. The first-order valence-electron chi connectivity index (χ1n) is 28.5. The fourth-order valence-corrected chi connectivity index (χ4v) is 15.3. The van der Waals surface area contributed by atoms with Gasteiger partial charge in [-0.15, -0.1) is 0 Å². The Hall–Kier alpha value is -10.9. The molecule has 0 spiro atoms. The van der Waals surface area contributed by atoms with Gasteiger partial charge in [0.25, 0.3) is 0 Å². The third kappa shape index (κ3) is 5.60. The van der Waals surface area contributed by atoms with Crippen LogP contribution in [0.2, 0.25) is 0 Å². The summed E-state index contributed by atoms with van der Waals surface area (Å²) in [6.07, 6.45) is 0. The van der Waals surface area contributed by atoms with E-state index in [9.17, 15) is 0 Å². The predicted molar refractivity (Wildman–Crippen MR) is 349 cm³/mol. The molecule has 0 radical (unpaired) electrons. The Morgan fingerprint density at radius 1 is 0.146 bits per heavy atom. The van der Waals surface area contributed by atoms with Crippen molar-refractivity contribution in [3.8, 4) is 0 Å². The summed E-state index contributed by atoms with van der Waals surface area (Å²) >= 11 is 0. The molecule has 0 aromatic heterocycles. The lowest BCUT2D eigenvalue weighted by molar-refractivity contribution is 1.01. The van der Waals surface area contributed by atoms with E-state index < -0.39 is 0 Å². The maximum Gasteiger partial charge on any atom is 0.166 e. The van der Waals surface area contributed by atoms with E-state index in [0.29, 0.717) is 0 Å². The number of nitrogens with zero attached hydrogens (tertiary/aromatic N) is 4. The van der Waals surface area contributed by atoms with Gasteiger partial charge >= 0.3 is 0 Å². The third-order valence-corrected chi connectivity index (χ3v) is 18.6. The molecule has 20 rings (SSSR count). The Kier molecular flexibility index (Phi) is 8.10. The van der Waals surface area contributed by atoms with E-state index in [2.05, 4.69) is 287 Å².